The fourth-order valence-corrected chi connectivity index (χ4v) is 2.89. The summed E-state index contributed by atoms with van der Waals surface area (Å²) in [7, 11) is 1.10. The van der Waals surface area contributed by atoms with Gasteiger partial charge in [-0.25, -0.2) is 4.79 Å². The molecular weight excluding hydrogens is 284 g/mol. The van der Waals surface area contributed by atoms with Gasteiger partial charge in [0.05, 0.1) is 13.2 Å². The molecule has 1 aliphatic heterocycles. The van der Waals surface area contributed by atoms with Crippen LogP contribution in [-0.2, 0) is 28.5 Å². The van der Waals surface area contributed by atoms with Crippen LogP contribution < -0.4 is 0 Å². The van der Waals surface area contributed by atoms with Crippen LogP contribution in [0.4, 0.5) is 0 Å². The Bertz CT molecular complexity index is 447. The molecule has 2 rings (SSSR count). The van der Waals surface area contributed by atoms with E-state index in [0.29, 0.717) is 0 Å². The summed E-state index contributed by atoms with van der Waals surface area (Å²) < 4.78 is 20.8. The number of rotatable bonds is 2. The van der Waals surface area contributed by atoms with Crippen LogP contribution in [-0.4, -0.2) is 65.1 Å². The zero-order chi connectivity index (χ0) is 16.0. The molecule has 8 nitrogen and oxygen atoms in total. The maximum absolute atomic E-state index is 11.9. The number of fused-ring (bicyclic) bond motifs is 1. The van der Waals surface area contributed by atoms with Gasteiger partial charge in [-0.1, -0.05) is 0 Å². The molecule has 2 aliphatic rings. The predicted octanol–water partition coefficient (Wildman–Crippen LogP) is -0.893. The van der Waals surface area contributed by atoms with Gasteiger partial charge in [0.25, 0.3) is 0 Å². The largest absolute Gasteiger partial charge is 0.467 e. The second-order valence-electron chi connectivity index (χ2n) is 5.78. The SMILES string of the molecule is COC(=O)[C@]1(O)C[C@H](O)[C@@H]2OC(C)(C)O[C@@H]2[C@H]1OC(C)=O. The average Bonchev–Trinajstić information content (AvgIpc) is 2.69. The minimum Gasteiger partial charge on any atom is -0.467 e. The topological polar surface area (TPSA) is 112 Å². The van der Waals surface area contributed by atoms with E-state index in [-0.39, 0.29) is 6.42 Å². The monoisotopic (exact) mass is 304 g/mol. The third kappa shape index (κ3) is 2.76. The number of methoxy groups -OCH3 is 1. The van der Waals surface area contributed by atoms with E-state index >= 15 is 0 Å². The summed E-state index contributed by atoms with van der Waals surface area (Å²) in [6.07, 6.45) is -4.64. The minimum atomic E-state index is -2.19. The van der Waals surface area contributed by atoms with Gasteiger partial charge in [-0.2, -0.15) is 0 Å². The number of hydrogen-bond donors (Lipinski definition) is 2. The number of aliphatic hydroxyl groups excluding tert-OH is 1. The maximum atomic E-state index is 11.9. The van der Waals surface area contributed by atoms with E-state index < -0.39 is 47.7 Å². The first-order valence-corrected chi connectivity index (χ1v) is 6.62. The van der Waals surface area contributed by atoms with E-state index in [4.69, 9.17) is 14.2 Å². The van der Waals surface area contributed by atoms with E-state index in [1.165, 1.54) is 0 Å². The summed E-state index contributed by atoms with van der Waals surface area (Å²) >= 11 is 0. The van der Waals surface area contributed by atoms with E-state index in [9.17, 15) is 19.8 Å². The number of esters is 2. The van der Waals surface area contributed by atoms with Crippen LogP contribution in [0.5, 0.6) is 0 Å². The molecule has 0 aromatic carbocycles. The van der Waals surface area contributed by atoms with Crippen LogP contribution in [0, 0.1) is 0 Å². The van der Waals surface area contributed by atoms with Crippen LogP contribution in [0.1, 0.15) is 27.2 Å². The van der Waals surface area contributed by atoms with Gasteiger partial charge in [-0.3, -0.25) is 4.79 Å². The van der Waals surface area contributed by atoms with Gasteiger partial charge in [0, 0.05) is 13.3 Å². The molecule has 0 radical (unpaired) electrons. The Kier molecular flexibility index (Phi) is 4.00. The first-order chi connectivity index (χ1) is 9.60. The van der Waals surface area contributed by atoms with Gasteiger partial charge in [0.15, 0.2) is 11.9 Å². The molecule has 8 heteroatoms. The van der Waals surface area contributed by atoms with Gasteiger partial charge in [0.1, 0.15) is 12.2 Å². The van der Waals surface area contributed by atoms with Crippen molar-refractivity contribution in [3.8, 4) is 0 Å². The molecule has 2 fully saturated rings. The van der Waals surface area contributed by atoms with E-state index in [2.05, 4.69) is 4.74 Å². The van der Waals surface area contributed by atoms with Gasteiger partial charge >= 0.3 is 11.9 Å². The minimum absolute atomic E-state index is 0.377. The second-order valence-corrected chi connectivity index (χ2v) is 5.78. The van der Waals surface area contributed by atoms with Crippen molar-refractivity contribution in [3.05, 3.63) is 0 Å². The normalized spacial score (nSPS) is 41.2. The fourth-order valence-electron chi connectivity index (χ4n) is 2.89. The second kappa shape index (κ2) is 5.20. The molecule has 0 spiro atoms. The zero-order valence-electron chi connectivity index (χ0n) is 12.4. The van der Waals surface area contributed by atoms with Gasteiger partial charge in [-0.15, -0.1) is 0 Å². The summed E-state index contributed by atoms with van der Waals surface area (Å²) in [6, 6.07) is 0. The Labute approximate surface area is 121 Å². The summed E-state index contributed by atoms with van der Waals surface area (Å²) in [6.45, 7) is 4.40. The fraction of sp³-hybridized carbons (Fsp3) is 0.846. The molecule has 120 valence electrons. The summed E-state index contributed by atoms with van der Waals surface area (Å²) in [5, 5.41) is 20.7. The number of hydrogen-bond acceptors (Lipinski definition) is 8. The Morgan fingerprint density at radius 1 is 1.24 bits per heavy atom. The molecule has 1 heterocycles. The van der Waals surface area contributed by atoms with Gasteiger partial charge in [0.2, 0.25) is 5.60 Å². The molecule has 1 saturated carbocycles. The molecule has 1 saturated heterocycles. The highest BCUT2D eigenvalue weighted by Crippen LogP contribution is 2.42. The van der Waals surface area contributed by atoms with Crippen molar-refractivity contribution in [2.24, 2.45) is 0 Å². The number of carbonyl (C=O) groups is 2. The average molecular weight is 304 g/mol. The molecular formula is C13H20O8. The number of aliphatic hydroxyl groups is 2. The lowest BCUT2D eigenvalue weighted by Gasteiger charge is -2.43. The molecule has 1 aliphatic carbocycles. The van der Waals surface area contributed by atoms with Crippen LogP contribution in [0.3, 0.4) is 0 Å². The van der Waals surface area contributed by atoms with Crippen molar-refractivity contribution in [1.82, 2.24) is 0 Å². The zero-order valence-corrected chi connectivity index (χ0v) is 12.4. The number of carbonyl (C=O) groups excluding carboxylic acids is 2. The van der Waals surface area contributed by atoms with Gasteiger partial charge < -0.3 is 29.2 Å². The summed E-state index contributed by atoms with van der Waals surface area (Å²) in [4.78, 5) is 23.2. The Hall–Kier alpha value is -1.22. The highest BCUT2D eigenvalue weighted by molar-refractivity contribution is 5.81. The quantitative estimate of drug-likeness (QED) is 0.632. The lowest BCUT2D eigenvalue weighted by Crippen LogP contribution is -2.66. The molecule has 0 aromatic rings. The lowest BCUT2D eigenvalue weighted by atomic mass is 9.77. The van der Waals surface area contributed by atoms with E-state index in [1.54, 1.807) is 13.8 Å². The summed E-state index contributed by atoms with van der Waals surface area (Å²) in [5.74, 6) is -2.72. The van der Waals surface area contributed by atoms with Crippen LogP contribution >= 0.6 is 0 Å². The van der Waals surface area contributed by atoms with Crippen molar-refractivity contribution in [3.63, 3.8) is 0 Å². The van der Waals surface area contributed by atoms with Crippen molar-refractivity contribution in [1.29, 1.82) is 0 Å². The third-order valence-corrected chi connectivity index (χ3v) is 3.66. The van der Waals surface area contributed by atoms with Crippen molar-refractivity contribution in [2.75, 3.05) is 7.11 Å². The van der Waals surface area contributed by atoms with E-state index in [1.807, 2.05) is 0 Å². The number of ether oxygens (including phenoxy) is 4. The highest BCUT2D eigenvalue weighted by Gasteiger charge is 2.64. The molecule has 0 unspecified atom stereocenters. The standard InChI is InChI=1S/C13H20O8/c1-6(14)19-10-9-8(20-12(2,3)21-9)7(15)5-13(10,17)11(16)18-4/h7-10,15,17H,5H2,1-4H3/t7-,8-,9-,10+,13-/m0/s1. The molecule has 0 amide bonds. The first kappa shape index (κ1) is 16.2. The molecule has 21 heavy (non-hydrogen) atoms. The maximum Gasteiger partial charge on any atom is 0.342 e. The van der Waals surface area contributed by atoms with Crippen LogP contribution in [0.15, 0.2) is 0 Å². The van der Waals surface area contributed by atoms with Crippen molar-refractivity contribution < 1.29 is 38.7 Å². The van der Waals surface area contributed by atoms with Crippen LogP contribution in [0.25, 0.3) is 0 Å². The Morgan fingerprint density at radius 2 is 1.81 bits per heavy atom. The predicted molar refractivity (Wildman–Crippen MR) is 67.0 cm³/mol. The molecule has 2 N–H and O–H groups in total. The van der Waals surface area contributed by atoms with Crippen molar-refractivity contribution >= 4 is 11.9 Å². The lowest BCUT2D eigenvalue weighted by molar-refractivity contribution is -0.222. The molecule has 5 atom stereocenters. The molecule has 0 aromatic heterocycles. The smallest absolute Gasteiger partial charge is 0.342 e. The molecule has 0 bridgehead atoms. The third-order valence-electron chi connectivity index (χ3n) is 3.66. The Morgan fingerprint density at radius 3 is 2.33 bits per heavy atom. The van der Waals surface area contributed by atoms with E-state index in [0.717, 1.165) is 14.0 Å². The Balaban J connectivity index is 2.39. The first-order valence-electron chi connectivity index (χ1n) is 6.62. The van der Waals surface area contributed by atoms with Crippen molar-refractivity contribution in [2.45, 2.75) is 63.0 Å². The summed E-state index contributed by atoms with van der Waals surface area (Å²) in [5.41, 5.74) is -2.19. The van der Waals surface area contributed by atoms with Gasteiger partial charge in [-0.05, 0) is 13.8 Å². The highest BCUT2D eigenvalue weighted by atomic mass is 16.8. The van der Waals surface area contributed by atoms with Crippen LogP contribution in [0.2, 0.25) is 0 Å².